The number of hydrogen-bond donors (Lipinski definition) is 2. The van der Waals surface area contributed by atoms with Crippen LogP contribution in [0.5, 0.6) is 11.5 Å². The molecule has 0 saturated carbocycles. The molecule has 2 aromatic rings. The zero-order valence-electron chi connectivity index (χ0n) is 15.6. The molecule has 2 aliphatic heterocycles. The molecule has 0 aromatic heterocycles. The highest BCUT2D eigenvalue weighted by molar-refractivity contribution is 6.59. The molecular formula is C21H24BNO7-2. The van der Waals surface area contributed by atoms with Gasteiger partial charge in [0.05, 0.1) is 36.8 Å². The minimum atomic E-state index is -3.11. The Labute approximate surface area is 174 Å². The number of carbonyl (C=O) groups excluding carboxylic acids is 2. The number of aromatic carboxylic acids is 1. The van der Waals surface area contributed by atoms with Crippen LogP contribution in [-0.4, -0.2) is 52.8 Å². The van der Waals surface area contributed by atoms with Crippen molar-refractivity contribution in [3.63, 3.8) is 0 Å². The van der Waals surface area contributed by atoms with Gasteiger partial charge in [-0.05, 0) is 23.6 Å². The molecule has 30 heavy (non-hydrogen) atoms. The molecule has 0 atom stereocenters. The molecule has 1 saturated heterocycles. The maximum Gasteiger partial charge on any atom is 0.430 e. The summed E-state index contributed by atoms with van der Waals surface area (Å²) in [5.74, 6) is -1.66. The highest BCUT2D eigenvalue weighted by Crippen LogP contribution is 2.38. The first-order valence-corrected chi connectivity index (χ1v) is 9.47. The van der Waals surface area contributed by atoms with E-state index in [1.165, 1.54) is 6.07 Å². The van der Waals surface area contributed by atoms with E-state index in [9.17, 15) is 24.7 Å². The SMILES string of the molecule is C.O=C([O-])c1c(OC2CN(C(=O)Cc3ccccc3)C2)ccc2c1O[B-](O)(O)CC2. The Balaban J connectivity index is 0.00000256. The molecule has 1 fully saturated rings. The van der Waals surface area contributed by atoms with Crippen LogP contribution in [0.4, 0.5) is 0 Å². The summed E-state index contributed by atoms with van der Waals surface area (Å²) in [6, 6.07) is 12.6. The maximum absolute atomic E-state index is 12.3. The van der Waals surface area contributed by atoms with Crippen LogP contribution < -0.4 is 14.5 Å². The van der Waals surface area contributed by atoms with Gasteiger partial charge in [-0.15, -0.1) is 0 Å². The lowest BCUT2D eigenvalue weighted by Crippen LogP contribution is -2.56. The number of hydrogen-bond acceptors (Lipinski definition) is 7. The first kappa shape index (κ1) is 21.7. The largest absolute Gasteiger partial charge is 0.669 e. The summed E-state index contributed by atoms with van der Waals surface area (Å²) in [6.07, 6.45) is 0.185. The molecule has 1 amide bonds. The van der Waals surface area contributed by atoms with Crippen LogP contribution in [0, 0.1) is 0 Å². The summed E-state index contributed by atoms with van der Waals surface area (Å²) < 4.78 is 10.9. The maximum atomic E-state index is 12.3. The van der Waals surface area contributed by atoms with Crippen molar-refractivity contribution >= 4 is 18.6 Å². The second kappa shape index (κ2) is 8.37. The number of likely N-dealkylation sites (tertiary alicyclic amines) is 1. The molecular weight excluding hydrogens is 389 g/mol. The van der Waals surface area contributed by atoms with Gasteiger partial charge in [0.1, 0.15) is 11.9 Å². The number of rotatable bonds is 5. The van der Waals surface area contributed by atoms with E-state index in [-0.39, 0.29) is 49.2 Å². The third-order valence-electron chi connectivity index (χ3n) is 5.19. The van der Waals surface area contributed by atoms with Gasteiger partial charge >= 0.3 is 6.75 Å². The van der Waals surface area contributed by atoms with Gasteiger partial charge in [-0.2, -0.15) is 0 Å². The predicted molar refractivity (Wildman–Crippen MR) is 108 cm³/mol. The van der Waals surface area contributed by atoms with Crippen LogP contribution in [0.25, 0.3) is 0 Å². The Hall–Kier alpha value is -3.04. The van der Waals surface area contributed by atoms with Crippen LogP contribution >= 0.6 is 0 Å². The number of ether oxygens (including phenoxy) is 1. The quantitative estimate of drug-likeness (QED) is 0.680. The highest BCUT2D eigenvalue weighted by atomic mass is 16.6. The zero-order chi connectivity index (χ0) is 20.6. The first-order chi connectivity index (χ1) is 13.8. The van der Waals surface area contributed by atoms with E-state index in [0.29, 0.717) is 25.1 Å². The molecule has 2 heterocycles. The number of amides is 1. The number of nitrogens with zero attached hydrogens (tertiary/aromatic N) is 1. The molecule has 4 rings (SSSR count). The van der Waals surface area contributed by atoms with E-state index in [4.69, 9.17) is 9.39 Å². The smallest absolute Gasteiger partial charge is 0.430 e. The average Bonchev–Trinajstić information content (AvgIpc) is 2.63. The van der Waals surface area contributed by atoms with E-state index in [1.54, 1.807) is 11.0 Å². The number of benzene rings is 2. The lowest BCUT2D eigenvalue weighted by Gasteiger charge is -2.41. The van der Waals surface area contributed by atoms with Gasteiger partial charge in [0, 0.05) is 0 Å². The zero-order valence-corrected chi connectivity index (χ0v) is 15.6. The van der Waals surface area contributed by atoms with Crippen LogP contribution in [0.1, 0.15) is 28.9 Å². The summed E-state index contributed by atoms with van der Waals surface area (Å²) in [5, 5.41) is 31.2. The van der Waals surface area contributed by atoms with Gasteiger partial charge in [-0.3, -0.25) is 4.79 Å². The summed E-state index contributed by atoms with van der Waals surface area (Å²) >= 11 is 0. The molecule has 0 radical (unpaired) electrons. The number of fused-ring (bicyclic) bond motifs is 1. The lowest BCUT2D eigenvalue weighted by molar-refractivity contribution is -0.255. The van der Waals surface area contributed by atoms with Crippen molar-refractivity contribution in [2.45, 2.75) is 32.7 Å². The fourth-order valence-corrected chi connectivity index (χ4v) is 3.60. The third kappa shape index (κ3) is 4.42. The molecule has 9 heteroatoms. The van der Waals surface area contributed by atoms with Crippen molar-refractivity contribution in [3.05, 3.63) is 59.2 Å². The minimum Gasteiger partial charge on any atom is -0.669 e. The van der Waals surface area contributed by atoms with Crippen molar-refractivity contribution in [1.29, 1.82) is 0 Å². The van der Waals surface area contributed by atoms with E-state index in [2.05, 4.69) is 0 Å². The van der Waals surface area contributed by atoms with E-state index >= 15 is 0 Å². The lowest BCUT2D eigenvalue weighted by atomic mass is 9.70. The summed E-state index contributed by atoms with van der Waals surface area (Å²) in [4.78, 5) is 25.6. The average molecular weight is 413 g/mol. The fourth-order valence-electron chi connectivity index (χ4n) is 3.60. The second-order valence-electron chi connectivity index (χ2n) is 7.43. The van der Waals surface area contributed by atoms with E-state index in [0.717, 1.165) is 5.56 Å². The van der Waals surface area contributed by atoms with Crippen molar-refractivity contribution in [3.8, 4) is 11.5 Å². The van der Waals surface area contributed by atoms with Crippen molar-refractivity contribution in [2.24, 2.45) is 0 Å². The van der Waals surface area contributed by atoms with Gasteiger partial charge in [0.2, 0.25) is 5.91 Å². The predicted octanol–water partition coefficient (Wildman–Crippen LogP) is 0.377. The normalized spacial score (nSPS) is 17.1. The fraction of sp³-hybridized carbons (Fsp3) is 0.333. The molecule has 8 nitrogen and oxygen atoms in total. The van der Waals surface area contributed by atoms with Crippen LogP contribution in [0.15, 0.2) is 42.5 Å². The second-order valence-corrected chi connectivity index (χ2v) is 7.43. The Kier molecular flexibility index (Phi) is 6.05. The number of carboxylic acids is 1. The number of aryl methyl sites for hydroxylation is 1. The molecule has 0 spiro atoms. The van der Waals surface area contributed by atoms with E-state index < -0.39 is 12.7 Å². The van der Waals surface area contributed by atoms with Crippen molar-refractivity contribution in [1.82, 2.24) is 4.90 Å². The Morgan fingerprint density at radius 3 is 2.53 bits per heavy atom. The molecule has 2 N–H and O–H groups in total. The Bertz CT molecular complexity index is 942. The topological polar surface area (TPSA) is 119 Å². The number of carboxylic acid groups (broad SMARTS) is 1. The third-order valence-corrected chi connectivity index (χ3v) is 5.19. The molecule has 2 aromatic carbocycles. The summed E-state index contributed by atoms with van der Waals surface area (Å²) in [5.41, 5.74) is 1.13. The van der Waals surface area contributed by atoms with Gasteiger partial charge in [0.25, 0.3) is 0 Å². The van der Waals surface area contributed by atoms with Crippen molar-refractivity contribution < 1.29 is 34.1 Å². The summed E-state index contributed by atoms with van der Waals surface area (Å²) in [7, 11) is 0. The van der Waals surface area contributed by atoms with Gasteiger partial charge in [-0.25, -0.2) is 0 Å². The van der Waals surface area contributed by atoms with Gasteiger partial charge in [0.15, 0.2) is 0 Å². The van der Waals surface area contributed by atoms with Crippen LogP contribution in [0.3, 0.4) is 0 Å². The summed E-state index contributed by atoms with van der Waals surface area (Å²) in [6.45, 7) is -2.44. The monoisotopic (exact) mass is 413 g/mol. The molecule has 2 aliphatic rings. The first-order valence-electron chi connectivity index (χ1n) is 9.47. The standard InChI is InChI=1S/C20H21BNO7.CH4/c23-17(10-13-4-2-1-3-5-13)22-11-15(12-22)28-16-7-6-14-8-9-21(26,27)29-19(14)18(16)20(24)25;/h1-7,15,26-27H,8-12H2,(H,24,25);1H4/q-1;/p-1. The molecule has 0 unspecified atom stereocenters. The Morgan fingerprint density at radius 2 is 1.87 bits per heavy atom. The van der Waals surface area contributed by atoms with Crippen LogP contribution in [-0.2, 0) is 17.6 Å². The molecule has 0 aliphatic carbocycles. The molecule has 0 bridgehead atoms. The highest BCUT2D eigenvalue weighted by Gasteiger charge is 2.35. The van der Waals surface area contributed by atoms with E-state index in [1.807, 2.05) is 30.3 Å². The molecule has 160 valence electrons. The van der Waals surface area contributed by atoms with Crippen molar-refractivity contribution in [2.75, 3.05) is 13.1 Å². The minimum absolute atomic E-state index is 0. The Morgan fingerprint density at radius 1 is 1.17 bits per heavy atom. The van der Waals surface area contributed by atoms with Gasteiger partial charge in [-0.1, -0.05) is 50.1 Å². The number of carbonyl (C=O) groups is 2. The van der Waals surface area contributed by atoms with Gasteiger partial charge < -0.3 is 34.2 Å². The van der Waals surface area contributed by atoms with Crippen LogP contribution in [0.2, 0.25) is 6.32 Å².